The quantitative estimate of drug-likeness (QED) is 0.461. The average Bonchev–Trinajstić information content (AvgIpc) is 2.08. The average molecular weight is 176 g/mol. The second kappa shape index (κ2) is 5.29. The van der Waals surface area contributed by atoms with E-state index in [1.165, 1.54) is 21.3 Å². The van der Waals surface area contributed by atoms with Gasteiger partial charge >= 0.3 is 8.80 Å². The number of hydrogen-bond donors (Lipinski definition) is 1. The SMILES string of the molecule is CO[Si](C#CCO)(OC)OC. The van der Waals surface area contributed by atoms with E-state index in [0.717, 1.165) is 0 Å². The van der Waals surface area contributed by atoms with Crippen molar-refractivity contribution in [2.75, 3.05) is 27.9 Å². The molecule has 0 aromatic carbocycles. The van der Waals surface area contributed by atoms with Crippen LogP contribution in [0, 0.1) is 11.5 Å². The fraction of sp³-hybridized carbons (Fsp3) is 0.667. The smallest absolute Gasteiger partial charge is 0.384 e. The van der Waals surface area contributed by atoms with Crippen LogP contribution in [-0.2, 0) is 13.3 Å². The van der Waals surface area contributed by atoms with E-state index in [1.54, 1.807) is 0 Å². The van der Waals surface area contributed by atoms with Gasteiger partial charge in [0.1, 0.15) is 6.61 Å². The van der Waals surface area contributed by atoms with Gasteiger partial charge in [0.05, 0.1) is 0 Å². The zero-order valence-corrected chi connectivity index (χ0v) is 7.88. The Morgan fingerprint density at radius 1 is 1.18 bits per heavy atom. The van der Waals surface area contributed by atoms with Crippen molar-refractivity contribution in [1.29, 1.82) is 0 Å². The van der Waals surface area contributed by atoms with Crippen molar-refractivity contribution in [2.45, 2.75) is 0 Å². The summed E-state index contributed by atoms with van der Waals surface area (Å²) < 4.78 is 14.8. The molecule has 0 unspecified atom stereocenters. The Kier molecular flexibility index (Phi) is 5.11. The summed E-state index contributed by atoms with van der Waals surface area (Å²) in [6, 6.07) is 0. The molecule has 0 amide bonds. The minimum absolute atomic E-state index is 0.217. The van der Waals surface area contributed by atoms with Gasteiger partial charge < -0.3 is 18.4 Å². The highest BCUT2D eigenvalue weighted by atomic mass is 28.4. The molecule has 0 aromatic heterocycles. The lowest BCUT2D eigenvalue weighted by molar-refractivity contribution is 0.141. The van der Waals surface area contributed by atoms with Crippen molar-refractivity contribution in [1.82, 2.24) is 0 Å². The predicted octanol–water partition coefficient (Wildman–Crippen LogP) is -0.601. The first kappa shape index (κ1) is 10.6. The molecule has 11 heavy (non-hydrogen) atoms. The molecule has 4 nitrogen and oxygen atoms in total. The van der Waals surface area contributed by atoms with Crippen LogP contribution in [0.2, 0.25) is 0 Å². The van der Waals surface area contributed by atoms with Crippen LogP contribution in [0.4, 0.5) is 0 Å². The summed E-state index contributed by atoms with van der Waals surface area (Å²) in [7, 11) is 1.63. The molecule has 0 aliphatic rings. The molecule has 64 valence electrons. The first-order chi connectivity index (χ1) is 5.24. The Labute approximate surface area is 67.4 Å². The van der Waals surface area contributed by atoms with E-state index < -0.39 is 8.80 Å². The van der Waals surface area contributed by atoms with Gasteiger partial charge in [-0.15, -0.1) is 0 Å². The Morgan fingerprint density at radius 3 is 1.91 bits per heavy atom. The summed E-state index contributed by atoms with van der Waals surface area (Å²) >= 11 is 0. The second-order valence-electron chi connectivity index (χ2n) is 1.63. The summed E-state index contributed by atoms with van der Waals surface area (Å²) in [5.74, 6) is 2.43. The Morgan fingerprint density at radius 2 is 1.64 bits per heavy atom. The highest BCUT2D eigenvalue weighted by molar-refractivity contribution is 6.69. The molecule has 0 rings (SSSR count). The van der Waals surface area contributed by atoms with Crippen LogP contribution in [0.25, 0.3) is 0 Å². The van der Waals surface area contributed by atoms with E-state index in [-0.39, 0.29) is 6.61 Å². The molecule has 0 heterocycles. The maximum absolute atomic E-state index is 8.40. The molecule has 0 aromatic rings. The van der Waals surface area contributed by atoms with Crippen LogP contribution < -0.4 is 0 Å². The van der Waals surface area contributed by atoms with Gasteiger partial charge in [-0.2, -0.15) is 0 Å². The van der Waals surface area contributed by atoms with Gasteiger partial charge in [-0.1, -0.05) is 5.92 Å². The molecule has 1 N–H and O–H groups in total. The number of rotatable bonds is 3. The van der Waals surface area contributed by atoms with Crippen LogP contribution in [0.1, 0.15) is 0 Å². The second-order valence-corrected chi connectivity index (χ2v) is 4.22. The number of aliphatic hydroxyl groups is 1. The molecule has 0 radical (unpaired) electrons. The van der Waals surface area contributed by atoms with Gasteiger partial charge in [0, 0.05) is 21.3 Å². The molecule has 0 saturated carbocycles. The van der Waals surface area contributed by atoms with E-state index in [2.05, 4.69) is 11.5 Å². The van der Waals surface area contributed by atoms with E-state index in [1.807, 2.05) is 0 Å². The highest BCUT2D eigenvalue weighted by Crippen LogP contribution is 2.02. The van der Waals surface area contributed by atoms with Gasteiger partial charge in [0.25, 0.3) is 0 Å². The molecule has 5 heteroatoms. The zero-order valence-electron chi connectivity index (χ0n) is 6.88. The summed E-state index contributed by atoms with van der Waals surface area (Å²) in [5, 5.41) is 8.40. The maximum Gasteiger partial charge on any atom is 0.590 e. The van der Waals surface area contributed by atoms with Crippen LogP contribution in [-0.4, -0.2) is 41.8 Å². The van der Waals surface area contributed by atoms with Gasteiger partial charge in [-0.25, -0.2) is 0 Å². The van der Waals surface area contributed by atoms with Gasteiger partial charge in [0.2, 0.25) is 0 Å². The lowest BCUT2D eigenvalue weighted by Crippen LogP contribution is -2.41. The standard InChI is InChI=1S/C6H12O4Si/c1-8-11(9-2,10-3)6-4-5-7/h7H,5H2,1-3H3. The molecule has 0 aliphatic heterocycles. The molecular formula is C6H12O4Si. The zero-order chi connectivity index (χ0) is 8.74. The largest absolute Gasteiger partial charge is 0.590 e. The third-order valence-corrected chi connectivity index (χ3v) is 3.22. The Hall–Kier alpha value is -0.383. The van der Waals surface area contributed by atoms with E-state index in [0.29, 0.717) is 0 Å². The third kappa shape index (κ3) is 3.01. The van der Waals surface area contributed by atoms with Crippen LogP contribution in [0.5, 0.6) is 0 Å². The third-order valence-electron chi connectivity index (χ3n) is 1.13. The fourth-order valence-electron chi connectivity index (χ4n) is 0.551. The first-order valence-electron chi connectivity index (χ1n) is 3.01. The minimum Gasteiger partial charge on any atom is -0.384 e. The van der Waals surface area contributed by atoms with Crippen molar-refractivity contribution in [3.63, 3.8) is 0 Å². The van der Waals surface area contributed by atoms with E-state index in [9.17, 15) is 0 Å². The fourth-order valence-corrected chi connectivity index (χ4v) is 1.65. The van der Waals surface area contributed by atoms with Crippen molar-refractivity contribution in [3.05, 3.63) is 0 Å². The van der Waals surface area contributed by atoms with E-state index in [4.69, 9.17) is 18.4 Å². The van der Waals surface area contributed by atoms with Crippen LogP contribution in [0.15, 0.2) is 0 Å². The van der Waals surface area contributed by atoms with Gasteiger partial charge in [-0.05, 0) is 5.54 Å². The Balaban J connectivity index is 4.28. The summed E-state index contributed by atoms with van der Waals surface area (Å²) in [5.41, 5.74) is 2.60. The molecular weight excluding hydrogens is 164 g/mol. The molecule has 0 bridgehead atoms. The summed E-state index contributed by atoms with van der Waals surface area (Å²) in [6.45, 7) is -0.217. The molecule has 0 saturated heterocycles. The maximum atomic E-state index is 8.40. The molecule has 0 fully saturated rings. The lowest BCUT2D eigenvalue weighted by atomic mass is 10.8. The number of hydrogen-bond acceptors (Lipinski definition) is 4. The van der Waals surface area contributed by atoms with Crippen LogP contribution >= 0.6 is 0 Å². The van der Waals surface area contributed by atoms with Crippen molar-refractivity contribution >= 4 is 8.80 Å². The lowest BCUT2D eigenvalue weighted by Gasteiger charge is -2.17. The normalized spacial score (nSPS) is 10.5. The summed E-state index contributed by atoms with van der Waals surface area (Å²) in [6.07, 6.45) is 0. The van der Waals surface area contributed by atoms with Gasteiger partial charge in [-0.3, -0.25) is 0 Å². The van der Waals surface area contributed by atoms with Gasteiger partial charge in [0.15, 0.2) is 0 Å². The van der Waals surface area contributed by atoms with Crippen molar-refractivity contribution in [2.24, 2.45) is 0 Å². The van der Waals surface area contributed by atoms with E-state index >= 15 is 0 Å². The van der Waals surface area contributed by atoms with Crippen molar-refractivity contribution in [3.8, 4) is 11.5 Å². The molecule has 0 aliphatic carbocycles. The topological polar surface area (TPSA) is 47.9 Å². The first-order valence-corrected chi connectivity index (χ1v) is 4.73. The number of aliphatic hydroxyl groups excluding tert-OH is 1. The highest BCUT2D eigenvalue weighted by Gasteiger charge is 2.36. The predicted molar refractivity (Wildman–Crippen MR) is 41.6 cm³/mol. The summed E-state index contributed by atoms with van der Waals surface area (Å²) in [4.78, 5) is 0. The Bertz CT molecular complexity index is 147. The molecule has 0 atom stereocenters. The minimum atomic E-state index is -2.76. The van der Waals surface area contributed by atoms with Crippen LogP contribution in [0.3, 0.4) is 0 Å². The molecule has 0 spiro atoms. The van der Waals surface area contributed by atoms with Crippen molar-refractivity contribution < 1.29 is 18.4 Å². The monoisotopic (exact) mass is 176 g/mol.